The van der Waals surface area contributed by atoms with E-state index >= 15 is 0 Å². The summed E-state index contributed by atoms with van der Waals surface area (Å²) in [6.45, 7) is -0.229. The molecule has 0 radical (unpaired) electrons. The molecular formula is C11H14O3. The first kappa shape index (κ1) is 9.49. The highest BCUT2D eigenvalue weighted by atomic mass is 16.5. The number of benzene rings is 1. The van der Waals surface area contributed by atoms with Gasteiger partial charge >= 0.3 is 0 Å². The van der Waals surface area contributed by atoms with Crippen LogP contribution in [0, 0.1) is 0 Å². The van der Waals surface area contributed by atoms with Crippen LogP contribution in [0.1, 0.15) is 17.5 Å². The zero-order valence-corrected chi connectivity index (χ0v) is 8.16. The molecule has 1 aromatic carbocycles. The van der Waals surface area contributed by atoms with Crippen LogP contribution in [0.2, 0.25) is 0 Å². The third-order valence-corrected chi connectivity index (χ3v) is 2.90. The molecule has 76 valence electrons. The number of hydrogen-bond acceptors (Lipinski definition) is 3. The van der Waals surface area contributed by atoms with Gasteiger partial charge < -0.3 is 14.9 Å². The summed E-state index contributed by atoms with van der Waals surface area (Å²) < 4.78 is 5.20. The summed E-state index contributed by atoms with van der Waals surface area (Å²) in [4.78, 5) is 0. The second-order valence-electron chi connectivity index (χ2n) is 3.68. The molecule has 1 aromatic rings. The Bertz CT molecular complexity index is 348. The van der Waals surface area contributed by atoms with Crippen molar-refractivity contribution in [1.29, 1.82) is 0 Å². The van der Waals surface area contributed by atoms with Crippen LogP contribution < -0.4 is 4.74 Å². The Morgan fingerprint density at radius 3 is 2.93 bits per heavy atom. The van der Waals surface area contributed by atoms with Gasteiger partial charge in [0.1, 0.15) is 11.4 Å². The van der Waals surface area contributed by atoms with Crippen molar-refractivity contribution in [1.82, 2.24) is 0 Å². The molecule has 0 fully saturated rings. The summed E-state index contributed by atoms with van der Waals surface area (Å²) in [6, 6.07) is 5.56. The standard InChI is InChI=1S/C11H14O3/c1-14-10-4-2-3-9-8(10)5-6-11(9,13)7-12/h2-4,12-13H,5-7H2,1H3. The van der Waals surface area contributed by atoms with Gasteiger partial charge in [0.15, 0.2) is 0 Å². The molecule has 0 aliphatic heterocycles. The van der Waals surface area contributed by atoms with Crippen molar-refractivity contribution < 1.29 is 14.9 Å². The summed E-state index contributed by atoms with van der Waals surface area (Å²) >= 11 is 0. The van der Waals surface area contributed by atoms with E-state index in [9.17, 15) is 5.11 Å². The van der Waals surface area contributed by atoms with Crippen molar-refractivity contribution in [2.45, 2.75) is 18.4 Å². The van der Waals surface area contributed by atoms with Crippen LogP contribution in [0.3, 0.4) is 0 Å². The van der Waals surface area contributed by atoms with Gasteiger partial charge in [-0.15, -0.1) is 0 Å². The predicted octanol–water partition coefficient (Wildman–Crippen LogP) is 0.821. The van der Waals surface area contributed by atoms with Crippen molar-refractivity contribution in [3.05, 3.63) is 29.3 Å². The fraction of sp³-hybridized carbons (Fsp3) is 0.455. The van der Waals surface area contributed by atoms with Gasteiger partial charge in [-0.2, -0.15) is 0 Å². The second-order valence-corrected chi connectivity index (χ2v) is 3.68. The van der Waals surface area contributed by atoms with E-state index in [0.29, 0.717) is 6.42 Å². The Hall–Kier alpha value is -1.06. The first-order valence-corrected chi connectivity index (χ1v) is 4.71. The van der Waals surface area contributed by atoms with Gasteiger partial charge in [0.25, 0.3) is 0 Å². The predicted molar refractivity (Wildman–Crippen MR) is 52.3 cm³/mol. The van der Waals surface area contributed by atoms with Crippen molar-refractivity contribution in [3.8, 4) is 5.75 Å². The Morgan fingerprint density at radius 1 is 1.50 bits per heavy atom. The molecular weight excluding hydrogens is 180 g/mol. The maximum absolute atomic E-state index is 10.1. The van der Waals surface area contributed by atoms with Crippen LogP contribution >= 0.6 is 0 Å². The first-order valence-electron chi connectivity index (χ1n) is 4.71. The van der Waals surface area contributed by atoms with E-state index in [2.05, 4.69) is 0 Å². The molecule has 0 heterocycles. The fourth-order valence-corrected chi connectivity index (χ4v) is 2.08. The third kappa shape index (κ3) is 1.21. The molecule has 0 bridgehead atoms. The molecule has 3 nitrogen and oxygen atoms in total. The lowest BCUT2D eigenvalue weighted by Crippen LogP contribution is -2.26. The van der Waals surface area contributed by atoms with Crippen molar-refractivity contribution >= 4 is 0 Å². The maximum atomic E-state index is 10.1. The van der Waals surface area contributed by atoms with E-state index in [1.807, 2.05) is 18.2 Å². The van der Waals surface area contributed by atoms with E-state index < -0.39 is 5.60 Å². The Labute approximate surface area is 83.0 Å². The number of rotatable bonds is 2. The SMILES string of the molecule is COc1cccc2c1CCC2(O)CO. The summed E-state index contributed by atoms with van der Waals surface area (Å²) in [5.41, 5.74) is 0.759. The minimum atomic E-state index is -1.07. The molecule has 0 aromatic heterocycles. The van der Waals surface area contributed by atoms with Gasteiger partial charge in [-0.1, -0.05) is 12.1 Å². The van der Waals surface area contributed by atoms with E-state index in [1.165, 1.54) is 0 Å². The highest BCUT2D eigenvalue weighted by Gasteiger charge is 2.37. The lowest BCUT2D eigenvalue weighted by molar-refractivity contribution is -0.0172. The zero-order chi connectivity index (χ0) is 10.2. The van der Waals surface area contributed by atoms with Crippen molar-refractivity contribution in [2.24, 2.45) is 0 Å². The molecule has 3 heteroatoms. The maximum Gasteiger partial charge on any atom is 0.122 e. The minimum absolute atomic E-state index is 0.229. The minimum Gasteiger partial charge on any atom is -0.496 e. The third-order valence-electron chi connectivity index (χ3n) is 2.90. The lowest BCUT2D eigenvalue weighted by Gasteiger charge is -2.20. The molecule has 2 rings (SSSR count). The van der Waals surface area contributed by atoms with Gasteiger partial charge in [0.05, 0.1) is 13.7 Å². The molecule has 0 amide bonds. The van der Waals surface area contributed by atoms with Crippen molar-refractivity contribution in [2.75, 3.05) is 13.7 Å². The number of aliphatic hydroxyl groups is 2. The van der Waals surface area contributed by atoms with Gasteiger partial charge in [0.2, 0.25) is 0 Å². The average molecular weight is 194 g/mol. The normalized spacial score (nSPS) is 24.8. The summed E-state index contributed by atoms with van der Waals surface area (Å²) in [7, 11) is 1.62. The van der Waals surface area contributed by atoms with Gasteiger partial charge in [-0.25, -0.2) is 0 Å². The quantitative estimate of drug-likeness (QED) is 0.733. The molecule has 0 saturated heterocycles. The largest absolute Gasteiger partial charge is 0.496 e. The molecule has 14 heavy (non-hydrogen) atoms. The van der Waals surface area contributed by atoms with Crippen LogP contribution in [0.25, 0.3) is 0 Å². The molecule has 1 atom stereocenters. The van der Waals surface area contributed by atoms with Gasteiger partial charge in [-0.3, -0.25) is 0 Å². The smallest absolute Gasteiger partial charge is 0.122 e. The molecule has 0 spiro atoms. The summed E-state index contributed by atoms with van der Waals surface area (Å²) in [6.07, 6.45) is 1.33. The van der Waals surface area contributed by atoms with Crippen LogP contribution in [0.4, 0.5) is 0 Å². The van der Waals surface area contributed by atoms with Crippen LogP contribution in [-0.2, 0) is 12.0 Å². The fourth-order valence-electron chi connectivity index (χ4n) is 2.08. The van der Waals surface area contributed by atoms with Gasteiger partial charge in [-0.05, 0) is 24.5 Å². The molecule has 1 aliphatic carbocycles. The highest BCUT2D eigenvalue weighted by molar-refractivity contribution is 5.46. The molecule has 0 saturated carbocycles. The van der Waals surface area contributed by atoms with Crippen LogP contribution in [0.15, 0.2) is 18.2 Å². The van der Waals surface area contributed by atoms with Crippen molar-refractivity contribution in [3.63, 3.8) is 0 Å². The zero-order valence-electron chi connectivity index (χ0n) is 8.16. The Morgan fingerprint density at radius 2 is 2.29 bits per heavy atom. The Kier molecular flexibility index (Phi) is 2.21. The number of methoxy groups -OCH3 is 1. The number of ether oxygens (including phenoxy) is 1. The molecule has 1 aliphatic rings. The second kappa shape index (κ2) is 3.26. The lowest BCUT2D eigenvalue weighted by atomic mass is 9.97. The van der Waals surface area contributed by atoms with Crippen LogP contribution in [0.5, 0.6) is 5.75 Å². The number of aliphatic hydroxyl groups excluding tert-OH is 1. The Balaban J connectivity index is 2.52. The van der Waals surface area contributed by atoms with E-state index in [0.717, 1.165) is 23.3 Å². The summed E-state index contributed by atoms with van der Waals surface area (Å²) in [5.74, 6) is 0.798. The van der Waals surface area contributed by atoms with Crippen LogP contribution in [-0.4, -0.2) is 23.9 Å². The topological polar surface area (TPSA) is 49.7 Å². The molecule has 2 N–H and O–H groups in total. The molecule has 1 unspecified atom stereocenters. The van der Waals surface area contributed by atoms with E-state index in [4.69, 9.17) is 9.84 Å². The highest BCUT2D eigenvalue weighted by Crippen LogP contribution is 2.40. The van der Waals surface area contributed by atoms with Gasteiger partial charge in [0, 0.05) is 5.56 Å². The first-order chi connectivity index (χ1) is 6.71. The van der Waals surface area contributed by atoms with E-state index in [-0.39, 0.29) is 6.61 Å². The average Bonchev–Trinajstić information content (AvgIpc) is 2.58. The van der Waals surface area contributed by atoms with E-state index in [1.54, 1.807) is 7.11 Å². The monoisotopic (exact) mass is 194 g/mol. The summed E-state index contributed by atoms with van der Waals surface area (Å²) in [5, 5.41) is 19.2. The number of fused-ring (bicyclic) bond motifs is 1. The number of hydrogen-bond donors (Lipinski definition) is 2.